The SMILES string of the molecule is CNC(=O)[C@@H]1CCCN1CCN1CCN(C(=O)/C=C/c2ccc(Cl)c(Cl)c2)CCC1=O. The van der Waals surface area contributed by atoms with Crippen molar-refractivity contribution in [3.05, 3.63) is 39.9 Å². The Bertz CT molecular complexity index is 861. The lowest BCUT2D eigenvalue weighted by Gasteiger charge is -2.27. The van der Waals surface area contributed by atoms with Crippen LogP contribution in [0.15, 0.2) is 24.3 Å². The third-order valence-electron chi connectivity index (χ3n) is 5.83. The van der Waals surface area contributed by atoms with Crippen molar-refractivity contribution in [2.45, 2.75) is 25.3 Å². The number of hydrogen-bond donors (Lipinski definition) is 1. The number of likely N-dealkylation sites (N-methyl/N-ethyl adjacent to an activating group) is 1. The first-order chi connectivity index (χ1) is 14.9. The first-order valence-corrected chi connectivity index (χ1v) is 11.3. The molecule has 0 spiro atoms. The molecule has 0 aromatic heterocycles. The van der Waals surface area contributed by atoms with E-state index in [0.717, 1.165) is 24.9 Å². The Hall–Kier alpha value is -2.09. The molecule has 0 saturated carbocycles. The molecule has 9 heteroatoms. The molecule has 2 heterocycles. The van der Waals surface area contributed by atoms with Crippen molar-refractivity contribution in [3.63, 3.8) is 0 Å². The highest BCUT2D eigenvalue weighted by molar-refractivity contribution is 6.42. The third kappa shape index (κ3) is 6.21. The molecule has 7 nitrogen and oxygen atoms in total. The van der Waals surface area contributed by atoms with E-state index in [-0.39, 0.29) is 23.8 Å². The lowest BCUT2D eigenvalue weighted by molar-refractivity contribution is -0.130. The molecular formula is C22H28Cl2N4O3. The summed E-state index contributed by atoms with van der Waals surface area (Å²) in [7, 11) is 1.65. The van der Waals surface area contributed by atoms with Crippen molar-refractivity contribution in [1.29, 1.82) is 0 Å². The smallest absolute Gasteiger partial charge is 0.246 e. The molecule has 0 bridgehead atoms. The summed E-state index contributed by atoms with van der Waals surface area (Å²) in [5.41, 5.74) is 0.784. The lowest BCUT2D eigenvalue weighted by Crippen LogP contribution is -2.46. The predicted molar refractivity (Wildman–Crippen MR) is 122 cm³/mol. The van der Waals surface area contributed by atoms with E-state index in [1.165, 1.54) is 6.08 Å². The van der Waals surface area contributed by atoms with E-state index in [1.807, 2.05) is 0 Å². The summed E-state index contributed by atoms with van der Waals surface area (Å²) >= 11 is 11.9. The summed E-state index contributed by atoms with van der Waals surface area (Å²) in [6, 6.07) is 5.06. The summed E-state index contributed by atoms with van der Waals surface area (Å²) in [5.74, 6) is -0.0652. The summed E-state index contributed by atoms with van der Waals surface area (Å²) in [6.45, 7) is 3.45. The van der Waals surface area contributed by atoms with Gasteiger partial charge in [-0.3, -0.25) is 19.3 Å². The monoisotopic (exact) mass is 466 g/mol. The number of nitrogens with zero attached hydrogens (tertiary/aromatic N) is 3. The molecule has 31 heavy (non-hydrogen) atoms. The Morgan fingerprint density at radius 3 is 2.68 bits per heavy atom. The van der Waals surface area contributed by atoms with Crippen LogP contribution in [0.2, 0.25) is 10.0 Å². The van der Waals surface area contributed by atoms with Crippen LogP contribution in [0.5, 0.6) is 0 Å². The van der Waals surface area contributed by atoms with Gasteiger partial charge in [0.25, 0.3) is 0 Å². The molecule has 2 fully saturated rings. The molecule has 2 aliphatic rings. The van der Waals surface area contributed by atoms with Gasteiger partial charge in [0.1, 0.15) is 0 Å². The zero-order valence-electron chi connectivity index (χ0n) is 17.7. The van der Waals surface area contributed by atoms with Gasteiger partial charge in [-0.25, -0.2) is 0 Å². The van der Waals surface area contributed by atoms with Gasteiger partial charge < -0.3 is 15.1 Å². The molecule has 2 saturated heterocycles. The van der Waals surface area contributed by atoms with Crippen molar-refractivity contribution in [2.24, 2.45) is 0 Å². The minimum atomic E-state index is -0.139. The number of carbonyl (C=O) groups is 3. The average molecular weight is 467 g/mol. The van der Waals surface area contributed by atoms with E-state index in [0.29, 0.717) is 49.2 Å². The van der Waals surface area contributed by atoms with Crippen LogP contribution in [0.4, 0.5) is 0 Å². The number of rotatable bonds is 6. The molecule has 1 atom stereocenters. The van der Waals surface area contributed by atoms with Crippen LogP contribution in [-0.2, 0) is 14.4 Å². The number of amides is 3. The van der Waals surface area contributed by atoms with Crippen LogP contribution in [0.25, 0.3) is 6.08 Å². The van der Waals surface area contributed by atoms with Gasteiger partial charge in [-0.1, -0.05) is 29.3 Å². The molecule has 0 unspecified atom stereocenters. The standard InChI is InChI=1S/C22H28Cl2N4O3/c1-25-22(31)19-3-2-9-26(19)11-12-28-14-13-27(10-8-21(28)30)20(29)7-5-16-4-6-17(23)18(24)15-16/h4-7,15,19H,2-3,8-14H2,1H3,(H,25,31)/b7-5+/t19-/m0/s1. The zero-order chi connectivity index (χ0) is 22.4. The second-order valence-electron chi connectivity index (χ2n) is 7.77. The fraction of sp³-hybridized carbons (Fsp3) is 0.500. The highest BCUT2D eigenvalue weighted by Gasteiger charge is 2.31. The average Bonchev–Trinajstić information content (AvgIpc) is 3.15. The van der Waals surface area contributed by atoms with Crippen molar-refractivity contribution in [2.75, 3.05) is 46.3 Å². The van der Waals surface area contributed by atoms with Crippen LogP contribution in [0, 0.1) is 0 Å². The second kappa shape index (κ2) is 11.0. The quantitative estimate of drug-likeness (QED) is 0.652. The van der Waals surface area contributed by atoms with Crippen LogP contribution in [0.1, 0.15) is 24.8 Å². The maximum absolute atomic E-state index is 12.6. The molecule has 2 aliphatic heterocycles. The fourth-order valence-electron chi connectivity index (χ4n) is 4.02. The Balaban J connectivity index is 1.52. The van der Waals surface area contributed by atoms with Crippen molar-refractivity contribution >= 4 is 47.0 Å². The van der Waals surface area contributed by atoms with E-state index in [1.54, 1.807) is 41.1 Å². The number of benzene rings is 1. The van der Waals surface area contributed by atoms with E-state index in [9.17, 15) is 14.4 Å². The molecule has 3 amide bonds. The molecule has 0 aliphatic carbocycles. The maximum atomic E-state index is 12.6. The molecule has 1 N–H and O–H groups in total. The van der Waals surface area contributed by atoms with Crippen LogP contribution < -0.4 is 5.32 Å². The first-order valence-electron chi connectivity index (χ1n) is 10.5. The van der Waals surface area contributed by atoms with Gasteiger partial charge in [0.15, 0.2) is 0 Å². The number of carbonyl (C=O) groups excluding carboxylic acids is 3. The molecule has 168 valence electrons. The van der Waals surface area contributed by atoms with Crippen LogP contribution >= 0.6 is 23.2 Å². The van der Waals surface area contributed by atoms with E-state index in [4.69, 9.17) is 23.2 Å². The molecular weight excluding hydrogens is 439 g/mol. The summed E-state index contributed by atoms with van der Waals surface area (Å²) in [6.07, 6.45) is 5.32. The molecule has 1 aromatic rings. The minimum absolute atomic E-state index is 0.0326. The Kier molecular flexibility index (Phi) is 8.35. The molecule has 0 radical (unpaired) electrons. The van der Waals surface area contributed by atoms with Gasteiger partial charge in [0, 0.05) is 52.3 Å². The van der Waals surface area contributed by atoms with E-state index < -0.39 is 0 Å². The normalized spacial score (nSPS) is 20.4. The number of hydrogen-bond acceptors (Lipinski definition) is 4. The van der Waals surface area contributed by atoms with Crippen LogP contribution in [0.3, 0.4) is 0 Å². The van der Waals surface area contributed by atoms with Gasteiger partial charge in [-0.15, -0.1) is 0 Å². The lowest BCUT2D eigenvalue weighted by atomic mass is 10.2. The van der Waals surface area contributed by atoms with Gasteiger partial charge in [0.05, 0.1) is 16.1 Å². The number of likely N-dealkylation sites (tertiary alicyclic amines) is 1. The van der Waals surface area contributed by atoms with Crippen molar-refractivity contribution in [3.8, 4) is 0 Å². The number of nitrogens with one attached hydrogen (secondary N) is 1. The highest BCUT2D eigenvalue weighted by Crippen LogP contribution is 2.23. The van der Waals surface area contributed by atoms with E-state index in [2.05, 4.69) is 10.2 Å². The highest BCUT2D eigenvalue weighted by atomic mass is 35.5. The molecule has 1 aromatic carbocycles. The summed E-state index contributed by atoms with van der Waals surface area (Å²) in [4.78, 5) is 42.8. The van der Waals surface area contributed by atoms with Gasteiger partial charge in [0.2, 0.25) is 17.7 Å². The molecule has 3 rings (SSSR count). The maximum Gasteiger partial charge on any atom is 0.246 e. The van der Waals surface area contributed by atoms with E-state index >= 15 is 0 Å². The zero-order valence-corrected chi connectivity index (χ0v) is 19.2. The Morgan fingerprint density at radius 2 is 1.94 bits per heavy atom. The van der Waals surface area contributed by atoms with Crippen LogP contribution in [-0.4, -0.2) is 84.8 Å². The summed E-state index contributed by atoms with van der Waals surface area (Å²) in [5, 5.41) is 3.61. The second-order valence-corrected chi connectivity index (χ2v) is 8.59. The van der Waals surface area contributed by atoms with Gasteiger partial charge >= 0.3 is 0 Å². The topological polar surface area (TPSA) is 73.0 Å². The Morgan fingerprint density at radius 1 is 1.13 bits per heavy atom. The fourth-order valence-corrected chi connectivity index (χ4v) is 4.33. The Labute approximate surface area is 192 Å². The minimum Gasteiger partial charge on any atom is -0.358 e. The first kappa shape index (κ1) is 23.6. The number of halogens is 2. The van der Waals surface area contributed by atoms with Gasteiger partial charge in [-0.05, 0) is 43.2 Å². The van der Waals surface area contributed by atoms with Crippen molar-refractivity contribution < 1.29 is 14.4 Å². The largest absolute Gasteiger partial charge is 0.358 e. The summed E-state index contributed by atoms with van der Waals surface area (Å²) < 4.78 is 0. The van der Waals surface area contributed by atoms with Gasteiger partial charge in [-0.2, -0.15) is 0 Å². The van der Waals surface area contributed by atoms with Crippen molar-refractivity contribution in [1.82, 2.24) is 20.0 Å². The third-order valence-corrected chi connectivity index (χ3v) is 6.57. The predicted octanol–water partition coefficient (Wildman–Crippen LogP) is 2.28.